The molecule has 2 aliphatic rings. The fourth-order valence-electron chi connectivity index (χ4n) is 3.55. The third kappa shape index (κ3) is 4.75. The number of hydrogen-bond donors (Lipinski definition) is 1. The predicted octanol–water partition coefficient (Wildman–Crippen LogP) is 0.868. The summed E-state index contributed by atoms with van der Waals surface area (Å²) in [5, 5.41) is 3.11. The van der Waals surface area contributed by atoms with E-state index in [1.807, 2.05) is 20.6 Å². The molecule has 1 N–H and O–H groups in total. The highest BCUT2D eigenvalue weighted by atomic mass is 16.5. The van der Waals surface area contributed by atoms with Crippen molar-refractivity contribution >= 4 is 11.9 Å². The summed E-state index contributed by atoms with van der Waals surface area (Å²) >= 11 is 0. The van der Waals surface area contributed by atoms with E-state index in [0.717, 1.165) is 25.1 Å². The molecule has 3 rings (SSSR count). The van der Waals surface area contributed by atoms with E-state index < -0.39 is 0 Å². The first-order valence-electron chi connectivity index (χ1n) is 9.58. The van der Waals surface area contributed by atoms with Crippen molar-refractivity contribution in [1.29, 1.82) is 0 Å². The molecule has 0 unspecified atom stereocenters. The number of ether oxygens (including phenoxy) is 1. The molecular formula is C18H29N5O3. The van der Waals surface area contributed by atoms with E-state index in [9.17, 15) is 9.59 Å². The lowest BCUT2D eigenvalue weighted by Gasteiger charge is -2.37. The summed E-state index contributed by atoms with van der Waals surface area (Å²) in [6.45, 7) is 6.69. The molecule has 0 saturated carbocycles. The number of imidazole rings is 1. The lowest BCUT2D eigenvalue weighted by Crippen LogP contribution is -2.52. The number of aryl methyl sites for hydroxylation is 2. The summed E-state index contributed by atoms with van der Waals surface area (Å²) in [4.78, 5) is 32.7. The highest BCUT2D eigenvalue weighted by Gasteiger charge is 2.27. The van der Waals surface area contributed by atoms with Crippen LogP contribution in [0.1, 0.15) is 32.0 Å². The average molecular weight is 363 g/mol. The number of carbonyl (C=O) groups excluding carboxylic acids is 2. The number of piperidine rings is 1. The minimum absolute atomic E-state index is 0.0682. The summed E-state index contributed by atoms with van der Waals surface area (Å²) in [6.07, 6.45) is 6.64. The predicted molar refractivity (Wildman–Crippen MR) is 96.7 cm³/mol. The van der Waals surface area contributed by atoms with Crippen molar-refractivity contribution in [1.82, 2.24) is 24.7 Å². The van der Waals surface area contributed by atoms with E-state index in [2.05, 4.69) is 17.2 Å². The van der Waals surface area contributed by atoms with E-state index in [1.165, 1.54) is 0 Å². The largest absolute Gasteiger partial charge is 0.378 e. The number of nitrogens with one attached hydrogen (secondary N) is 1. The molecular weight excluding hydrogens is 334 g/mol. The smallest absolute Gasteiger partial charge is 0.320 e. The van der Waals surface area contributed by atoms with Crippen LogP contribution in [0.25, 0.3) is 0 Å². The molecule has 1 aromatic rings. The van der Waals surface area contributed by atoms with Crippen molar-refractivity contribution in [3.63, 3.8) is 0 Å². The Labute approximate surface area is 154 Å². The summed E-state index contributed by atoms with van der Waals surface area (Å²) < 4.78 is 7.33. The first-order chi connectivity index (χ1) is 12.7. The molecule has 2 fully saturated rings. The zero-order chi connectivity index (χ0) is 18.4. The Balaban J connectivity index is 1.38. The van der Waals surface area contributed by atoms with Crippen LogP contribution in [0, 0.1) is 0 Å². The highest BCUT2D eigenvalue weighted by Crippen LogP contribution is 2.14. The molecule has 144 valence electrons. The number of urea groups is 1. The quantitative estimate of drug-likeness (QED) is 0.842. The standard InChI is InChI=1S/C18H29N5O3/c1-2-16-19-6-10-21(16)9-5-17(24)20-15-3-7-22(8-4-15)18(25)23-11-13-26-14-12-23/h6,10,15H,2-5,7-9,11-14H2,1H3,(H,20,24). The molecule has 0 spiro atoms. The second-order valence-electron chi connectivity index (χ2n) is 6.85. The Morgan fingerprint density at radius 2 is 1.88 bits per heavy atom. The molecule has 0 radical (unpaired) electrons. The monoisotopic (exact) mass is 363 g/mol. The van der Waals surface area contributed by atoms with Crippen molar-refractivity contribution in [3.05, 3.63) is 18.2 Å². The Bertz CT molecular complexity index is 604. The third-order valence-corrected chi connectivity index (χ3v) is 5.11. The van der Waals surface area contributed by atoms with Gasteiger partial charge in [0.2, 0.25) is 5.91 Å². The van der Waals surface area contributed by atoms with Gasteiger partial charge >= 0.3 is 6.03 Å². The first-order valence-corrected chi connectivity index (χ1v) is 9.58. The molecule has 3 heterocycles. The van der Waals surface area contributed by atoms with Gasteiger partial charge in [0.05, 0.1) is 13.2 Å². The number of likely N-dealkylation sites (tertiary alicyclic amines) is 1. The van der Waals surface area contributed by atoms with Gasteiger partial charge in [-0.25, -0.2) is 9.78 Å². The molecule has 2 saturated heterocycles. The van der Waals surface area contributed by atoms with Crippen LogP contribution < -0.4 is 5.32 Å². The Morgan fingerprint density at radius 3 is 2.58 bits per heavy atom. The van der Waals surface area contributed by atoms with E-state index in [-0.39, 0.29) is 18.0 Å². The van der Waals surface area contributed by atoms with Gasteiger partial charge in [0.25, 0.3) is 0 Å². The van der Waals surface area contributed by atoms with E-state index in [0.29, 0.717) is 52.4 Å². The number of amides is 3. The van der Waals surface area contributed by atoms with Crippen molar-refractivity contribution < 1.29 is 14.3 Å². The topological polar surface area (TPSA) is 79.7 Å². The molecule has 3 amide bonds. The molecule has 1 aromatic heterocycles. The fourth-order valence-corrected chi connectivity index (χ4v) is 3.55. The summed E-state index contributed by atoms with van der Waals surface area (Å²) in [5.74, 6) is 1.08. The maximum atomic E-state index is 12.5. The SMILES string of the molecule is CCc1nccn1CCC(=O)NC1CCN(C(=O)N2CCOCC2)CC1. The van der Waals surface area contributed by atoms with Gasteiger partial charge in [-0.2, -0.15) is 0 Å². The average Bonchev–Trinajstić information content (AvgIpc) is 3.15. The van der Waals surface area contributed by atoms with Crippen molar-refractivity contribution in [3.8, 4) is 0 Å². The number of carbonyl (C=O) groups is 2. The first kappa shape index (κ1) is 18.7. The van der Waals surface area contributed by atoms with E-state index in [4.69, 9.17) is 4.74 Å². The van der Waals surface area contributed by atoms with Gasteiger partial charge in [-0.3, -0.25) is 4.79 Å². The molecule has 2 aliphatic heterocycles. The number of morpholine rings is 1. The van der Waals surface area contributed by atoms with Gasteiger partial charge < -0.3 is 24.4 Å². The second kappa shape index (κ2) is 9.02. The lowest BCUT2D eigenvalue weighted by molar-refractivity contribution is -0.122. The molecule has 8 heteroatoms. The van der Waals surface area contributed by atoms with Gasteiger partial charge in [-0.15, -0.1) is 0 Å². The van der Waals surface area contributed by atoms with Crippen LogP contribution in [-0.4, -0.2) is 76.7 Å². The Hall–Kier alpha value is -2.09. The van der Waals surface area contributed by atoms with Gasteiger partial charge in [0.1, 0.15) is 5.82 Å². The number of rotatable bonds is 5. The van der Waals surface area contributed by atoms with E-state index in [1.54, 1.807) is 6.20 Å². The van der Waals surface area contributed by atoms with Crippen LogP contribution >= 0.6 is 0 Å². The van der Waals surface area contributed by atoms with Crippen molar-refractivity contribution in [2.45, 2.75) is 45.2 Å². The highest BCUT2D eigenvalue weighted by molar-refractivity contribution is 5.76. The van der Waals surface area contributed by atoms with E-state index >= 15 is 0 Å². The molecule has 0 bridgehead atoms. The number of nitrogens with zero attached hydrogens (tertiary/aromatic N) is 4. The van der Waals surface area contributed by atoms with Crippen LogP contribution in [0.5, 0.6) is 0 Å². The van der Waals surface area contributed by atoms with Gasteiger partial charge in [-0.05, 0) is 12.8 Å². The van der Waals surface area contributed by atoms with Crippen LogP contribution in [0.2, 0.25) is 0 Å². The zero-order valence-electron chi connectivity index (χ0n) is 15.5. The van der Waals surface area contributed by atoms with Crippen molar-refractivity contribution in [2.75, 3.05) is 39.4 Å². The van der Waals surface area contributed by atoms with Gasteiger partial charge in [-0.1, -0.05) is 6.92 Å². The minimum Gasteiger partial charge on any atom is -0.378 e. The Morgan fingerprint density at radius 1 is 1.19 bits per heavy atom. The second-order valence-corrected chi connectivity index (χ2v) is 6.85. The lowest BCUT2D eigenvalue weighted by atomic mass is 10.1. The van der Waals surface area contributed by atoms with Crippen LogP contribution in [0.3, 0.4) is 0 Å². The van der Waals surface area contributed by atoms with Crippen LogP contribution in [0.4, 0.5) is 4.79 Å². The molecule has 0 aliphatic carbocycles. The van der Waals surface area contributed by atoms with Crippen LogP contribution in [0.15, 0.2) is 12.4 Å². The van der Waals surface area contributed by atoms with Crippen molar-refractivity contribution in [2.24, 2.45) is 0 Å². The molecule has 0 atom stereocenters. The fraction of sp³-hybridized carbons (Fsp3) is 0.722. The van der Waals surface area contributed by atoms with Gasteiger partial charge in [0, 0.05) is 64.0 Å². The number of hydrogen-bond acceptors (Lipinski definition) is 4. The summed E-state index contributed by atoms with van der Waals surface area (Å²) in [6, 6.07) is 0.259. The maximum absolute atomic E-state index is 12.5. The molecule has 8 nitrogen and oxygen atoms in total. The third-order valence-electron chi connectivity index (χ3n) is 5.11. The summed E-state index contributed by atoms with van der Waals surface area (Å²) in [7, 11) is 0. The minimum atomic E-state index is 0.0682. The number of aromatic nitrogens is 2. The normalized spacial score (nSPS) is 18.8. The molecule has 26 heavy (non-hydrogen) atoms. The molecule has 0 aromatic carbocycles. The maximum Gasteiger partial charge on any atom is 0.320 e. The van der Waals surface area contributed by atoms with Gasteiger partial charge in [0.15, 0.2) is 0 Å². The zero-order valence-corrected chi connectivity index (χ0v) is 15.5. The van der Waals surface area contributed by atoms with Crippen LogP contribution in [-0.2, 0) is 22.5 Å². The summed E-state index contributed by atoms with van der Waals surface area (Å²) in [5.41, 5.74) is 0. The Kier molecular flexibility index (Phi) is 6.49.